The monoisotopic (exact) mass is 276 g/mol. The second-order valence-electron chi connectivity index (χ2n) is 5.23. The molecule has 5 heteroatoms. The van der Waals surface area contributed by atoms with Crippen molar-refractivity contribution in [3.63, 3.8) is 0 Å². The van der Waals surface area contributed by atoms with E-state index in [1.165, 1.54) is 0 Å². The van der Waals surface area contributed by atoms with Crippen LogP contribution in [0.15, 0.2) is 12.1 Å². The zero-order valence-electron chi connectivity index (χ0n) is 10.4. The van der Waals surface area contributed by atoms with Gasteiger partial charge in [-0.3, -0.25) is 0 Å². The van der Waals surface area contributed by atoms with Gasteiger partial charge >= 0.3 is 0 Å². The maximum absolute atomic E-state index is 11.1. The quantitative estimate of drug-likeness (QED) is 0.845. The fourth-order valence-electron chi connectivity index (χ4n) is 1.68. The molecule has 0 aliphatic carbocycles. The summed E-state index contributed by atoms with van der Waals surface area (Å²) in [7, 11) is 1.67. The molecule has 1 rings (SSSR count). The van der Waals surface area contributed by atoms with Crippen LogP contribution < -0.4 is 0 Å². The Balaban J connectivity index is 3.34. The first kappa shape index (κ1) is 14.3. The Morgan fingerprint density at radius 1 is 1.29 bits per heavy atom. The van der Waals surface area contributed by atoms with Crippen LogP contribution in [-0.2, 0) is 20.2 Å². The number of phenols is 1. The van der Waals surface area contributed by atoms with Crippen molar-refractivity contribution in [3.8, 4) is 5.75 Å². The summed E-state index contributed by atoms with van der Waals surface area (Å²) in [4.78, 5) is 0. The average molecular weight is 277 g/mol. The van der Waals surface area contributed by atoms with Crippen molar-refractivity contribution in [1.82, 2.24) is 0 Å². The number of rotatable bonds is 2. The lowest BCUT2D eigenvalue weighted by Gasteiger charge is -2.22. The van der Waals surface area contributed by atoms with Gasteiger partial charge in [0.25, 0.3) is 0 Å². The molecule has 0 atom stereocenters. The Kier molecular flexibility index (Phi) is 3.79. The largest absolute Gasteiger partial charge is 0.508 e. The summed E-state index contributed by atoms with van der Waals surface area (Å²) in [5, 5.41) is 9.87. The summed E-state index contributed by atoms with van der Waals surface area (Å²) in [5.41, 5.74) is 1.82. The zero-order valence-corrected chi connectivity index (χ0v) is 12.0. The van der Waals surface area contributed by atoms with Gasteiger partial charge in [0.05, 0.1) is 5.75 Å². The fourth-order valence-corrected chi connectivity index (χ4v) is 2.71. The molecule has 0 heterocycles. The molecular formula is C12H17ClO3S. The minimum atomic E-state index is -3.58. The number of hydrogen-bond donors (Lipinski definition) is 1. The van der Waals surface area contributed by atoms with Crippen LogP contribution in [0, 0.1) is 6.92 Å². The highest BCUT2D eigenvalue weighted by atomic mass is 35.7. The van der Waals surface area contributed by atoms with E-state index in [2.05, 4.69) is 0 Å². The molecule has 0 amide bonds. The zero-order chi connectivity index (χ0) is 13.4. The molecule has 0 unspecified atom stereocenters. The topological polar surface area (TPSA) is 54.4 Å². The van der Waals surface area contributed by atoms with E-state index in [-0.39, 0.29) is 16.9 Å². The van der Waals surface area contributed by atoms with E-state index in [4.69, 9.17) is 10.7 Å². The smallest absolute Gasteiger partial charge is 0.236 e. The first-order valence-corrected chi connectivity index (χ1v) is 7.74. The maximum Gasteiger partial charge on any atom is 0.236 e. The summed E-state index contributed by atoms with van der Waals surface area (Å²) in [6.45, 7) is 7.62. The van der Waals surface area contributed by atoms with Crippen molar-refractivity contribution >= 4 is 19.7 Å². The molecule has 0 aliphatic heterocycles. The predicted octanol–water partition coefficient (Wildman–Crippen LogP) is 3.07. The first-order chi connectivity index (χ1) is 7.50. The molecule has 0 bridgehead atoms. The Labute approximate surface area is 107 Å². The lowest BCUT2D eigenvalue weighted by atomic mass is 9.84. The van der Waals surface area contributed by atoms with Gasteiger partial charge in [-0.25, -0.2) is 8.42 Å². The molecule has 17 heavy (non-hydrogen) atoms. The molecule has 0 radical (unpaired) electrons. The van der Waals surface area contributed by atoms with Gasteiger partial charge in [-0.15, -0.1) is 0 Å². The molecule has 0 saturated heterocycles. The molecule has 0 aromatic heterocycles. The van der Waals surface area contributed by atoms with Gasteiger partial charge in [0.15, 0.2) is 0 Å². The minimum Gasteiger partial charge on any atom is -0.508 e. The summed E-state index contributed by atoms with van der Waals surface area (Å²) < 4.78 is 22.2. The lowest BCUT2D eigenvalue weighted by Crippen LogP contribution is -2.13. The second kappa shape index (κ2) is 4.50. The van der Waals surface area contributed by atoms with Gasteiger partial charge in [-0.2, -0.15) is 0 Å². The SMILES string of the molecule is Cc1cc(O)c(C(C)(C)C)cc1CS(=O)(=O)Cl. The number of hydrogen-bond acceptors (Lipinski definition) is 3. The highest BCUT2D eigenvalue weighted by Gasteiger charge is 2.21. The van der Waals surface area contributed by atoms with Gasteiger partial charge in [-0.1, -0.05) is 26.8 Å². The Morgan fingerprint density at radius 3 is 2.24 bits per heavy atom. The molecular weight excluding hydrogens is 260 g/mol. The number of phenolic OH excluding ortho intramolecular Hbond substituents is 1. The number of benzene rings is 1. The van der Waals surface area contributed by atoms with Gasteiger partial charge < -0.3 is 5.11 Å². The maximum atomic E-state index is 11.1. The summed E-state index contributed by atoms with van der Waals surface area (Å²) >= 11 is 0. The van der Waals surface area contributed by atoms with Crippen LogP contribution in [0.3, 0.4) is 0 Å². The molecule has 1 aromatic rings. The average Bonchev–Trinajstić information content (AvgIpc) is 2.05. The van der Waals surface area contributed by atoms with Crippen molar-refractivity contribution in [2.24, 2.45) is 0 Å². The summed E-state index contributed by atoms with van der Waals surface area (Å²) in [6, 6.07) is 3.29. The summed E-state index contributed by atoms with van der Waals surface area (Å²) in [5.74, 6) is -0.0327. The van der Waals surface area contributed by atoms with Crippen molar-refractivity contribution < 1.29 is 13.5 Å². The molecule has 3 nitrogen and oxygen atoms in total. The van der Waals surface area contributed by atoms with Crippen LogP contribution in [-0.4, -0.2) is 13.5 Å². The third-order valence-corrected chi connectivity index (χ3v) is 3.57. The van der Waals surface area contributed by atoms with Crippen LogP contribution in [0.2, 0.25) is 0 Å². The Hall–Kier alpha value is -0.740. The highest BCUT2D eigenvalue weighted by Crippen LogP contribution is 2.33. The Morgan fingerprint density at radius 2 is 1.82 bits per heavy atom. The first-order valence-electron chi connectivity index (χ1n) is 5.26. The molecule has 0 aliphatic rings. The highest BCUT2D eigenvalue weighted by molar-refractivity contribution is 8.13. The third kappa shape index (κ3) is 3.89. The second-order valence-corrected chi connectivity index (χ2v) is 8.01. The van der Waals surface area contributed by atoms with Crippen molar-refractivity contribution in [1.29, 1.82) is 0 Å². The number of aromatic hydroxyl groups is 1. The van der Waals surface area contributed by atoms with Gasteiger partial charge in [0, 0.05) is 10.7 Å². The van der Waals surface area contributed by atoms with Crippen LogP contribution >= 0.6 is 10.7 Å². The normalized spacial score (nSPS) is 12.8. The number of aryl methyl sites for hydroxylation is 1. The van der Waals surface area contributed by atoms with Crippen molar-refractivity contribution in [3.05, 3.63) is 28.8 Å². The number of halogens is 1. The van der Waals surface area contributed by atoms with Gasteiger partial charge in [0.2, 0.25) is 9.05 Å². The van der Waals surface area contributed by atoms with Crippen molar-refractivity contribution in [2.45, 2.75) is 38.9 Å². The third-order valence-electron chi connectivity index (χ3n) is 2.59. The van der Waals surface area contributed by atoms with E-state index in [0.717, 1.165) is 11.1 Å². The van der Waals surface area contributed by atoms with E-state index < -0.39 is 9.05 Å². The van der Waals surface area contributed by atoms with Crippen molar-refractivity contribution in [2.75, 3.05) is 0 Å². The molecule has 0 fully saturated rings. The van der Waals surface area contributed by atoms with Crippen LogP contribution in [0.4, 0.5) is 0 Å². The molecule has 0 saturated carbocycles. The van der Waals surface area contributed by atoms with E-state index in [0.29, 0.717) is 5.56 Å². The molecule has 96 valence electrons. The summed E-state index contributed by atoms with van der Waals surface area (Å²) in [6.07, 6.45) is 0. The predicted molar refractivity (Wildman–Crippen MR) is 70.0 cm³/mol. The minimum absolute atomic E-state index is 0.186. The van der Waals surface area contributed by atoms with Crippen LogP contribution in [0.1, 0.15) is 37.5 Å². The van der Waals surface area contributed by atoms with E-state index in [1.54, 1.807) is 19.1 Å². The van der Waals surface area contributed by atoms with E-state index >= 15 is 0 Å². The van der Waals surface area contributed by atoms with Crippen LogP contribution in [0.25, 0.3) is 0 Å². The molecule has 1 N–H and O–H groups in total. The van der Waals surface area contributed by atoms with E-state index in [9.17, 15) is 13.5 Å². The van der Waals surface area contributed by atoms with Crippen LogP contribution in [0.5, 0.6) is 5.75 Å². The van der Waals surface area contributed by atoms with Gasteiger partial charge in [-0.05, 0) is 35.1 Å². The lowest BCUT2D eigenvalue weighted by molar-refractivity contribution is 0.446. The fraction of sp³-hybridized carbons (Fsp3) is 0.500. The van der Waals surface area contributed by atoms with E-state index in [1.807, 2.05) is 20.8 Å². The Bertz CT molecular complexity index is 527. The standard InChI is InChI=1S/C12H17ClO3S/c1-8-5-11(14)10(12(2,3)4)6-9(8)7-17(13,15)16/h5-6,14H,7H2,1-4H3. The van der Waals surface area contributed by atoms with Gasteiger partial charge in [0.1, 0.15) is 5.75 Å². The molecule has 0 spiro atoms. The molecule has 1 aromatic carbocycles.